The first-order chi connectivity index (χ1) is 11.0. The third-order valence-corrected chi connectivity index (χ3v) is 4.24. The van der Waals surface area contributed by atoms with Gasteiger partial charge in [-0.25, -0.2) is 0 Å². The van der Waals surface area contributed by atoms with E-state index in [9.17, 15) is 0 Å². The molecule has 5 nitrogen and oxygen atoms in total. The van der Waals surface area contributed by atoms with E-state index in [0.717, 1.165) is 56.5 Å². The van der Waals surface area contributed by atoms with E-state index in [0.29, 0.717) is 6.04 Å². The molecule has 24 heavy (non-hydrogen) atoms. The maximum Gasteiger partial charge on any atom is 0.191 e. The summed E-state index contributed by atoms with van der Waals surface area (Å²) in [6.45, 7) is 14.0. The highest BCUT2D eigenvalue weighted by atomic mass is 127. The van der Waals surface area contributed by atoms with E-state index in [2.05, 4.69) is 40.1 Å². The van der Waals surface area contributed by atoms with Gasteiger partial charge in [-0.15, -0.1) is 24.0 Å². The normalized spacial score (nSPS) is 16.6. The molecule has 0 radical (unpaired) electrons. The number of hydrogen-bond donors (Lipinski definition) is 2. The molecule has 1 aromatic heterocycles. The number of halogens is 1. The Morgan fingerprint density at radius 2 is 2.04 bits per heavy atom. The molecule has 1 aromatic rings. The van der Waals surface area contributed by atoms with Crippen LogP contribution in [0.25, 0.3) is 0 Å². The summed E-state index contributed by atoms with van der Waals surface area (Å²) >= 11 is 0. The quantitative estimate of drug-likeness (QED) is 0.316. The molecule has 0 unspecified atom stereocenters. The number of nitrogens with zero attached hydrogens (tertiary/aromatic N) is 2. The first kappa shape index (κ1) is 21.0. The number of rotatable bonds is 5. The summed E-state index contributed by atoms with van der Waals surface area (Å²) < 4.78 is 5.56. The predicted molar refractivity (Wildman–Crippen MR) is 111 cm³/mol. The molecule has 0 aromatic carbocycles. The second kappa shape index (κ2) is 10.1. The van der Waals surface area contributed by atoms with Crippen LogP contribution < -0.4 is 10.6 Å². The molecular weight excluding hydrogens is 415 g/mol. The van der Waals surface area contributed by atoms with Gasteiger partial charge in [-0.05, 0) is 39.7 Å². The summed E-state index contributed by atoms with van der Waals surface area (Å²) in [6, 6.07) is 2.56. The fourth-order valence-electron chi connectivity index (χ4n) is 3.04. The van der Waals surface area contributed by atoms with Gasteiger partial charge in [0, 0.05) is 44.8 Å². The van der Waals surface area contributed by atoms with Crippen LogP contribution in [0.4, 0.5) is 0 Å². The maximum atomic E-state index is 5.56. The van der Waals surface area contributed by atoms with Crippen LogP contribution in [0.2, 0.25) is 0 Å². The Hall–Kier alpha value is -1.02. The van der Waals surface area contributed by atoms with Crippen molar-refractivity contribution in [3.8, 4) is 0 Å². The highest BCUT2D eigenvalue weighted by Gasteiger charge is 2.19. The van der Waals surface area contributed by atoms with Crippen LogP contribution in [0.15, 0.2) is 27.6 Å². The molecule has 1 aliphatic heterocycles. The van der Waals surface area contributed by atoms with Gasteiger partial charge in [-0.3, -0.25) is 9.89 Å². The predicted octanol–water partition coefficient (Wildman–Crippen LogP) is 3.22. The largest absolute Gasteiger partial charge is 0.466 e. The lowest BCUT2D eigenvalue weighted by molar-refractivity contribution is 0.221. The lowest BCUT2D eigenvalue weighted by atomic mass is 10.0. The maximum absolute atomic E-state index is 5.56. The van der Waals surface area contributed by atoms with Crippen LogP contribution in [-0.2, 0) is 6.54 Å². The number of guanidine groups is 1. The van der Waals surface area contributed by atoms with Gasteiger partial charge in [0.15, 0.2) is 5.96 Å². The number of likely N-dealkylation sites (tertiary alicyclic amines) is 1. The van der Waals surface area contributed by atoms with Crippen molar-refractivity contribution in [2.45, 2.75) is 46.2 Å². The van der Waals surface area contributed by atoms with E-state index >= 15 is 0 Å². The fraction of sp³-hybridized carbons (Fsp3) is 0.611. The molecule has 0 atom stereocenters. The summed E-state index contributed by atoms with van der Waals surface area (Å²) in [6.07, 6.45) is 2.27. The van der Waals surface area contributed by atoms with Crippen molar-refractivity contribution in [3.05, 3.63) is 35.3 Å². The van der Waals surface area contributed by atoms with Crippen molar-refractivity contribution in [3.63, 3.8) is 0 Å². The van der Waals surface area contributed by atoms with Gasteiger partial charge in [0.05, 0.1) is 0 Å². The number of piperidine rings is 1. The lowest BCUT2D eigenvalue weighted by Crippen LogP contribution is -2.48. The summed E-state index contributed by atoms with van der Waals surface area (Å²) in [5.41, 5.74) is 2.42. The second-order valence-electron chi connectivity index (χ2n) is 6.52. The number of aryl methyl sites for hydroxylation is 2. The Balaban J connectivity index is 0.00000288. The van der Waals surface area contributed by atoms with Crippen molar-refractivity contribution < 1.29 is 4.42 Å². The zero-order valence-corrected chi connectivity index (χ0v) is 17.6. The zero-order valence-electron chi connectivity index (χ0n) is 15.3. The lowest BCUT2D eigenvalue weighted by Gasteiger charge is -2.33. The minimum absolute atomic E-state index is 0. The Bertz CT molecular complexity index is 559. The molecule has 0 bridgehead atoms. The van der Waals surface area contributed by atoms with E-state index in [-0.39, 0.29) is 24.0 Å². The van der Waals surface area contributed by atoms with Gasteiger partial charge in [0.2, 0.25) is 0 Å². The van der Waals surface area contributed by atoms with Crippen LogP contribution in [0, 0.1) is 13.8 Å². The highest BCUT2D eigenvalue weighted by Crippen LogP contribution is 2.14. The van der Waals surface area contributed by atoms with Gasteiger partial charge >= 0.3 is 0 Å². The van der Waals surface area contributed by atoms with Gasteiger partial charge in [0.1, 0.15) is 11.5 Å². The topological polar surface area (TPSA) is 52.8 Å². The Morgan fingerprint density at radius 3 is 2.54 bits per heavy atom. The van der Waals surface area contributed by atoms with Crippen LogP contribution in [0.5, 0.6) is 0 Å². The average molecular weight is 446 g/mol. The highest BCUT2D eigenvalue weighted by molar-refractivity contribution is 14.0. The minimum Gasteiger partial charge on any atom is -0.466 e. The fourth-order valence-corrected chi connectivity index (χ4v) is 3.04. The van der Waals surface area contributed by atoms with Crippen molar-refractivity contribution in [1.82, 2.24) is 15.5 Å². The Labute approximate surface area is 163 Å². The standard InChI is InChI=1S/C18H30N4O.HI/c1-13(2)12-22-8-6-17(7-9-22)21-18(19-5)20-11-16-10-14(3)23-15(16)4;/h10,17H,1,6-9,11-12H2,2-5H3,(H2,19,20,21);1H. The molecule has 0 aliphatic carbocycles. The van der Waals surface area contributed by atoms with E-state index in [1.54, 1.807) is 0 Å². The Morgan fingerprint density at radius 1 is 1.38 bits per heavy atom. The molecule has 0 spiro atoms. The van der Waals surface area contributed by atoms with Gasteiger partial charge in [0.25, 0.3) is 0 Å². The smallest absolute Gasteiger partial charge is 0.191 e. The summed E-state index contributed by atoms with van der Waals surface area (Å²) in [5.74, 6) is 2.78. The number of nitrogens with one attached hydrogen (secondary N) is 2. The molecule has 0 amide bonds. The van der Waals surface area contributed by atoms with Crippen LogP contribution in [-0.4, -0.2) is 43.6 Å². The first-order valence-corrected chi connectivity index (χ1v) is 8.37. The van der Waals surface area contributed by atoms with Crippen molar-refractivity contribution >= 4 is 29.9 Å². The second-order valence-corrected chi connectivity index (χ2v) is 6.52. The van der Waals surface area contributed by atoms with Crippen molar-refractivity contribution in [1.29, 1.82) is 0 Å². The SMILES string of the molecule is C=C(C)CN1CCC(NC(=NC)NCc2cc(C)oc2C)CC1.I. The third-order valence-electron chi connectivity index (χ3n) is 4.24. The molecule has 1 saturated heterocycles. The number of furan rings is 1. The van der Waals surface area contributed by atoms with Gasteiger partial charge in [-0.1, -0.05) is 12.2 Å². The average Bonchev–Trinajstić information content (AvgIpc) is 2.82. The molecule has 1 fully saturated rings. The summed E-state index contributed by atoms with van der Waals surface area (Å²) in [7, 11) is 1.82. The van der Waals surface area contributed by atoms with Crippen molar-refractivity contribution in [2.24, 2.45) is 4.99 Å². The molecule has 2 rings (SSSR count). The Kier molecular flexibility index (Phi) is 8.83. The summed E-state index contributed by atoms with van der Waals surface area (Å²) in [5, 5.41) is 6.92. The number of hydrogen-bond acceptors (Lipinski definition) is 3. The van der Waals surface area contributed by atoms with E-state index in [1.807, 2.05) is 20.9 Å². The van der Waals surface area contributed by atoms with E-state index < -0.39 is 0 Å². The van der Waals surface area contributed by atoms with Gasteiger partial charge in [-0.2, -0.15) is 0 Å². The molecule has 2 N–H and O–H groups in total. The molecule has 1 aliphatic rings. The molecule has 2 heterocycles. The minimum atomic E-state index is 0. The van der Waals surface area contributed by atoms with Crippen LogP contribution in [0.1, 0.15) is 36.8 Å². The van der Waals surface area contributed by atoms with Crippen LogP contribution >= 0.6 is 24.0 Å². The van der Waals surface area contributed by atoms with E-state index in [4.69, 9.17) is 4.42 Å². The molecule has 0 saturated carbocycles. The molecule has 136 valence electrons. The van der Waals surface area contributed by atoms with Crippen LogP contribution in [0.3, 0.4) is 0 Å². The molecule has 6 heteroatoms. The zero-order chi connectivity index (χ0) is 16.8. The first-order valence-electron chi connectivity index (χ1n) is 8.37. The van der Waals surface area contributed by atoms with Gasteiger partial charge < -0.3 is 15.1 Å². The molecular formula is C18H31IN4O. The number of aliphatic imine (C=N–C) groups is 1. The monoisotopic (exact) mass is 446 g/mol. The van der Waals surface area contributed by atoms with E-state index in [1.165, 1.54) is 11.1 Å². The van der Waals surface area contributed by atoms with Crippen molar-refractivity contribution in [2.75, 3.05) is 26.7 Å². The summed E-state index contributed by atoms with van der Waals surface area (Å²) in [4.78, 5) is 6.80. The third kappa shape index (κ3) is 6.47.